The van der Waals surface area contributed by atoms with Crippen LogP contribution in [0.15, 0.2) is 24.3 Å². The highest BCUT2D eigenvalue weighted by atomic mass is 35.5. The molecular formula is C22H31B13ClF2N3O4. The summed E-state index contributed by atoms with van der Waals surface area (Å²) in [5.41, 5.74) is 1.93. The average molecular weight is 616 g/mol. The second-order valence-electron chi connectivity index (χ2n) is 14.4. The van der Waals surface area contributed by atoms with Crippen LogP contribution in [0.25, 0.3) is 0 Å². The topological polar surface area (TPSA) is 78.0 Å². The van der Waals surface area contributed by atoms with Crippen LogP contribution < -0.4 is 16.4 Å². The number of piperidine rings is 1. The van der Waals surface area contributed by atoms with E-state index in [-0.39, 0.29) is 16.8 Å². The zero-order valence-corrected chi connectivity index (χ0v) is 29.3. The molecule has 0 spiro atoms. The van der Waals surface area contributed by atoms with Crippen molar-refractivity contribution in [2.24, 2.45) is 0 Å². The number of carbonyl (C=O) groups is 4. The lowest BCUT2D eigenvalue weighted by atomic mass is 9.20. The summed E-state index contributed by atoms with van der Waals surface area (Å²) in [5, 5.41) is -2.74. The molecule has 45 heavy (non-hydrogen) atoms. The van der Waals surface area contributed by atoms with Crippen molar-refractivity contribution in [3.8, 4) is 0 Å². The molecule has 4 amide bonds. The molecule has 2 heterocycles. The minimum absolute atomic E-state index is 0.281. The summed E-state index contributed by atoms with van der Waals surface area (Å²) in [5.74, 6) is -7.08. The van der Waals surface area contributed by atoms with Gasteiger partial charge >= 0.3 is 5.92 Å². The lowest BCUT2D eigenvalue weighted by Gasteiger charge is -2.64. The van der Waals surface area contributed by atoms with Crippen molar-refractivity contribution in [2.75, 3.05) is 0 Å². The third-order valence-electron chi connectivity index (χ3n) is 11.5. The summed E-state index contributed by atoms with van der Waals surface area (Å²) in [4.78, 5) is 59.2. The van der Waals surface area contributed by atoms with Crippen LogP contribution in [0.5, 0.6) is 0 Å². The van der Waals surface area contributed by atoms with Crippen LogP contribution in [0.3, 0.4) is 0 Å². The van der Waals surface area contributed by atoms with Crippen molar-refractivity contribution in [1.82, 2.24) is 14.5 Å². The van der Waals surface area contributed by atoms with Crippen molar-refractivity contribution in [3.05, 3.63) is 51.5 Å². The number of rotatable bonds is 5. The Morgan fingerprint density at radius 1 is 0.889 bits per heavy atom. The summed E-state index contributed by atoms with van der Waals surface area (Å²) in [6.45, 7) is 0. The van der Waals surface area contributed by atoms with E-state index >= 15 is 8.78 Å². The Labute approximate surface area is 280 Å². The second kappa shape index (κ2) is 10.8. The maximum absolute atomic E-state index is 15.5. The first-order valence-electron chi connectivity index (χ1n) is 15.1. The van der Waals surface area contributed by atoms with Crippen molar-refractivity contribution in [2.45, 2.75) is 33.1 Å². The van der Waals surface area contributed by atoms with Gasteiger partial charge in [0.25, 0.3) is 11.8 Å². The maximum Gasteiger partial charge on any atom is 0.348 e. The van der Waals surface area contributed by atoms with Crippen molar-refractivity contribution >= 4 is 154 Å². The van der Waals surface area contributed by atoms with Gasteiger partial charge in [-0.3, -0.25) is 19.2 Å². The van der Waals surface area contributed by atoms with E-state index in [1.165, 1.54) is 28.1 Å². The van der Waals surface area contributed by atoms with Gasteiger partial charge in [-0.1, -0.05) is 45.3 Å². The van der Waals surface area contributed by atoms with Crippen LogP contribution in [0, 0.1) is 0 Å². The Morgan fingerprint density at radius 2 is 1.40 bits per heavy atom. The minimum Gasteiger partial charge on any atom is -0.389 e. The molecule has 0 radical (unpaired) electrons. The van der Waals surface area contributed by atoms with Crippen LogP contribution in [0.1, 0.15) is 33.0 Å². The van der Waals surface area contributed by atoms with Crippen LogP contribution in [0.4, 0.5) is 8.78 Å². The minimum atomic E-state index is -3.80. The highest BCUT2D eigenvalue weighted by Gasteiger charge is 2.68. The fourth-order valence-corrected chi connectivity index (χ4v) is 7.93. The van der Waals surface area contributed by atoms with E-state index in [1.807, 2.05) is 47.1 Å². The molecule has 0 aliphatic carbocycles. The van der Waals surface area contributed by atoms with E-state index in [1.54, 1.807) is 44.1 Å². The van der Waals surface area contributed by atoms with Gasteiger partial charge in [0.15, 0.2) is 0 Å². The summed E-state index contributed by atoms with van der Waals surface area (Å²) in [6.07, 6.45) is 0. The number of benzene rings is 2. The van der Waals surface area contributed by atoms with E-state index < -0.39 is 50.4 Å². The highest BCUT2D eigenvalue weighted by molar-refractivity contribution is 6.68. The van der Waals surface area contributed by atoms with Gasteiger partial charge in [-0.15, -0.1) is 0 Å². The first kappa shape index (κ1) is 35.4. The molecule has 218 valence electrons. The largest absolute Gasteiger partial charge is 0.389 e. The number of nitrogens with zero attached hydrogens (tertiary/aromatic N) is 3. The number of alkyl halides is 2. The Bertz CT molecular complexity index is 1680. The van der Waals surface area contributed by atoms with Gasteiger partial charge < -0.3 is 14.5 Å². The van der Waals surface area contributed by atoms with Crippen LogP contribution in [-0.4, -0.2) is 146 Å². The van der Waals surface area contributed by atoms with Crippen LogP contribution >= 0.6 is 11.6 Å². The third-order valence-corrected chi connectivity index (χ3v) is 11.8. The molecule has 0 bridgehead atoms. The molecular weight excluding hydrogens is 584 g/mol. The van der Waals surface area contributed by atoms with Crippen LogP contribution in [-0.2, 0) is 25.6 Å². The Morgan fingerprint density at radius 3 is 1.91 bits per heavy atom. The van der Waals surface area contributed by atoms with Gasteiger partial charge in [0.1, 0.15) is 86.3 Å². The molecule has 23 heteroatoms. The third kappa shape index (κ3) is 4.54. The lowest BCUT2D eigenvalue weighted by Crippen LogP contribution is -2.78. The van der Waals surface area contributed by atoms with Gasteiger partial charge in [-0.05, 0) is 28.5 Å². The number of hydrogen-bond donors (Lipinski definition) is 0. The molecule has 7 nitrogen and oxygen atoms in total. The zero-order chi connectivity index (χ0) is 34.6. The molecule has 2 aromatic rings. The predicted molar refractivity (Wildman–Crippen MR) is 209 cm³/mol. The molecule has 0 N–H and O–H groups in total. The average Bonchev–Trinajstić information content (AvgIpc) is 3.17. The zero-order valence-electron chi connectivity index (χ0n) is 28.5. The van der Waals surface area contributed by atoms with E-state index in [4.69, 9.17) is 11.6 Å². The summed E-state index contributed by atoms with van der Waals surface area (Å²) >= 11 is 5.88. The monoisotopic (exact) mass is 617 g/mol. The molecule has 1 fully saturated rings. The Kier molecular flexibility index (Phi) is 8.47. The van der Waals surface area contributed by atoms with E-state index in [0.717, 1.165) is 21.8 Å². The number of halogens is 3. The maximum atomic E-state index is 15.5. The molecule has 2 atom stereocenters. The van der Waals surface area contributed by atoms with E-state index in [0.29, 0.717) is 33.1 Å². The molecule has 0 saturated carbocycles. The molecule has 4 rings (SSSR count). The van der Waals surface area contributed by atoms with Crippen LogP contribution in [0.2, 0.25) is 15.5 Å². The van der Waals surface area contributed by atoms with Crippen molar-refractivity contribution in [1.29, 1.82) is 0 Å². The van der Waals surface area contributed by atoms with Crippen molar-refractivity contribution in [3.63, 3.8) is 0 Å². The summed E-state index contributed by atoms with van der Waals surface area (Å²) in [7, 11) is 22.7. The van der Waals surface area contributed by atoms with Gasteiger partial charge in [-0.2, -0.15) is 8.78 Å². The fraction of sp³-hybridized carbons (Fsp3) is 0.273. The fourth-order valence-electron chi connectivity index (χ4n) is 7.81. The molecule has 1 saturated heterocycles. The predicted octanol–water partition coefficient (Wildman–Crippen LogP) is -12.2. The van der Waals surface area contributed by atoms with Gasteiger partial charge in [0.2, 0.25) is 27.8 Å². The molecule has 2 unspecified atom stereocenters. The van der Waals surface area contributed by atoms with Gasteiger partial charge in [0.05, 0.1) is 5.44 Å². The molecule has 0 aromatic heterocycles. The first-order chi connectivity index (χ1) is 20.3. The number of amides is 4. The quantitative estimate of drug-likeness (QED) is 0.248. The summed E-state index contributed by atoms with van der Waals surface area (Å²) in [6, 6.07) is 4.91. The lowest BCUT2D eigenvalue weighted by molar-refractivity contribution is -0.154. The van der Waals surface area contributed by atoms with Gasteiger partial charge in [-0.25, -0.2) is 0 Å². The number of imide groups is 1. The van der Waals surface area contributed by atoms with E-state index in [9.17, 15) is 19.2 Å². The molecule has 2 aromatic carbocycles. The molecule has 2 aliphatic rings. The normalized spacial score (nSPS) is 22.6. The van der Waals surface area contributed by atoms with Gasteiger partial charge in [0, 0.05) is 27.4 Å². The van der Waals surface area contributed by atoms with E-state index in [2.05, 4.69) is 0 Å². The first-order valence-corrected chi connectivity index (χ1v) is 15.4. The second-order valence-corrected chi connectivity index (χ2v) is 14.8. The summed E-state index contributed by atoms with van der Waals surface area (Å²) < 4.78 is 30.9. The molecule has 2 aliphatic heterocycles. The number of hydrogen-bond acceptors (Lipinski definition) is 4. The number of fused-ring (bicyclic) bond motifs is 1. The smallest absolute Gasteiger partial charge is 0.348 e. The Hall–Kier alpha value is -2.49. The Balaban J connectivity index is 1.88. The van der Waals surface area contributed by atoms with Crippen molar-refractivity contribution < 1.29 is 28.0 Å². The SMILES string of the molecule is Bc1c(B)c(C(B)N(B)C(=O)C(F)(F)c2ccc(Cl)cc2)c(B)c2c1C(=O)N(C1(B)C(=O)N(B)C(=O)C(B)(B)C1(B)B)C2(B)B. The number of carbonyl (C=O) groups excluding carboxylic acids is 4. The standard InChI is InChI=1S/C22H31B13ClF2N3O4/c23-10-8(13(26)39(34)15(43)18(37,38)5-1-3-6(36)4-2-5)12(25)11(24)7-9(10)21(30,31)41(14(7)42)20(29)17(45)40(35)16(44)19(27,28)22(20,32)33/h1-4,13H,23-35H2. The highest BCUT2D eigenvalue weighted by Crippen LogP contribution is 2.58.